The molecule has 25 heavy (non-hydrogen) atoms. The highest BCUT2D eigenvalue weighted by molar-refractivity contribution is 5.56. The highest BCUT2D eigenvalue weighted by Gasteiger charge is 2.37. The Kier molecular flexibility index (Phi) is 4.83. The molecular formula is C19H23FN2O3. The molecule has 0 radical (unpaired) electrons. The predicted molar refractivity (Wildman–Crippen MR) is 90.3 cm³/mol. The van der Waals surface area contributed by atoms with Crippen molar-refractivity contribution in [2.24, 2.45) is 5.92 Å². The van der Waals surface area contributed by atoms with Gasteiger partial charge < -0.3 is 14.3 Å². The maximum absolute atomic E-state index is 13.4. The van der Waals surface area contributed by atoms with Gasteiger partial charge in [0.2, 0.25) is 5.89 Å². The van der Waals surface area contributed by atoms with E-state index in [-0.39, 0.29) is 17.8 Å². The number of likely N-dealkylation sites (tertiary alicyclic amines) is 1. The number of halogens is 1. The van der Waals surface area contributed by atoms with Crippen LogP contribution in [0.3, 0.4) is 0 Å². The van der Waals surface area contributed by atoms with Gasteiger partial charge in [0.25, 0.3) is 0 Å². The molecule has 6 heteroatoms. The molecule has 2 aliphatic rings. The number of aliphatic hydroxyl groups is 1. The molecule has 2 aromatic rings. The zero-order chi connectivity index (χ0) is 17.2. The monoisotopic (exact) mass is 346 g/mol. The van der Waals surface area contributed by atoms with Crippen molar-refractivity contribution in [3.63, 3.8) is 0 Å². The van der Waals surface area contributed by atoms with Crippen LogP contribution < -0.4 is 0 Å². The normalized spacial score (nSPS) is 27.7. The number of rotatable bonds is 4. The first kappa shape index (κ1) is 16.7. The minimum Gasteiger partial charge on any atom is -0.439 e. The molecule has 0 bridgehead atoms. The molecule has 134 valence electrons. The minimum atomic E-state index is -0.299. The number of hydrogen-bond donors (Lipinski definition) is 1. The van der Waals surface area contributed by atoms with Crippen LogP contribution in [0.1, 0.15) is 25.2 Å². The van der Waals surface area contributed by atoms with Crippen LogP contribution in [0, 0.1) is 11.7 Å². The van der Waals surface area contributed by atoms with Crippen LogP contribution in [0.5, 0.6) is 0 Å². The molecule has 2 aliphatic heterocycles. The summed E-state index contributed by atoms with van der Waals surface area (Å²) in [6.07, 6.45) is 4.21. The molecule has 2 fully saturated rings. The van der Waals surface area contributed by atoms with Crippen LogP contribution in [0.4, 0.5) is 4.39 Å². The van der Waals surface area contributed by atoms with Crippen LogP contribution in [-0.2, 0) is 11.3 Å². The number of aromatic nitrogens is 1. The molecule has 0 unspecified atom stereocenters. The summed E-state index contributed by atoms with van der Waals surface area (Å²) in [5, 5.41) is 10.3. The van der Waals surface area contributed by atoms with Crippen molar-refractivity contribution in [3.05, 3.63) is 42.2 Å². The zero-order valence-electron chi connectivity index (χ0n) is 14.1. The second-order valence-corrected chi connectivity index (χ2v) is 6.90. The van der Waals surface area contributed by atoms with Gasteiger partial charge in [0, 0.05) is 24.1 Å². The summed E-state index contributed by atoms with van der Waals surface area (Å²) in [5.74, 6) is 1.05. The molecule has 2 saturated heterocycles. The quantitative estimate of drug-likeness (QED) is 0.922. The number of benzene rings is 1. The predicted octanol–water partition coefficient (Wildman–Crippen LogP) is 2.84. The van der Waals surface area contributed by atoms with E-state index in [0.29, 0.717) is 49.4 Å². The number of oxazole rings is 1. The van der Waals surface area contributed by atoms with E-state index in [4.69, 9.17) is 9.15 Å². The van der Waals surface area contributed by atoms with E-state index < -0.39 is 0 Å². The van der Waals surface area contributed by atoms with Crippen LogP contribution in [-0.4, -0.2) is 46.9 Å². The second kappa shape index (κ2) is 7.23. The van der Waals surface area contributed by atoms with Crippen molar-refractivity contribution in [3.8, 4) is 11.3 Å². The number of hydrogen-bond acceptors (Lipinski definition) is 5. The average molecular weight is 346 g/mol. The molecule has 5 nitrogen and oxygen atoms in total. The third-order valence-corrected chi connectivity index (χ3v) is 5.27. The molecule has 1 aromatic heterocycles. The Morgan fingerprint density at radius 3 is 3.08 bits per heavy atom. The molecule has 0 spiro atoms. The van der Waals surface area contributed by atoms with Gasteiger partial charge >= 0.3 is 0 Å². The van der Waals surface area contributed by atoms with Gasteiger partial charge in [-0.1, -0.05) is 12.1 Å². The summed E-state index contributed by atoms with van der Waals surface area (Å²) < 4.78 is 24.8. The summed E-state index contributed by atoms with van der Waals surface area (Å²) in [7, 11) is 0. The molecule has 3 atom stereocenters. The van der Waals surface area contributed by atoms with E-state index in [1.165, 1.54) is 12.1 Å². The largest absolute Gasteiger partial charge is 0.439 e. The first-order chi connectivity index (χ1) is 12.2. The van der Waals surface area contributed by atoms with Crippen molar-refractivity contribution in [1.29, 1.82) is 0 Å². The number of ether oxygens (including phenoxy) is 1. The Labute approximate surface area is 146 Å². The van der Waals surface area contributed by atoms with Gasteiger partial charge in [-0.15, -0.1) is 0 Å². The second-order valence-electron chi connectivity index (χ2n) is 6.90. The highest BCUT2D eigenvalue weighted by Crippen LogP contribution is 2.31. The third-order valence-electron chi connectivity index (χ3n) is 5.27. The maximum Gasteiger partial charge on any atom is 0.209 e. The average Bonchev–Trinajstić information content (AvgIpc) is 3.25. The minimum absolute atomic E-state index is 0.147. The van der Waals surface area contributed by atoms with Gasteiger partial charge in [0.15, 0.2) is 5.76 Å². The lowest BCUT2D eigenvalue weighted by molar-refractivity contribution is -0.0643. The highest BCUT2D eigenvalue weighted by atomic mass is 19.1. The van der Waals surface area contributed by atoms with Gasteiger partial charge in [-0.2, -0.15) is 0 Å². The first-order valence-electron chi connectivity index (χ1n) is 8.91. The van der Waals surface area contributed by atoms with E-state index in [1.807, 2.05) is 6.07 Å². The summed E-state index contributed by atoms with van der Waals surface area (Å²) in [6, 6.07) is 6.61. The molecule has 0 saturated carbocycles. The topological polar surface area (TPSA) is 58.7 Å². The fourth-order valence-corrected chi connectivity index (χ4v) is 3.98. The van der Waals surface area contributed by atoms with Crippen LogP contribution in [0.15, 0.2) is 34.9 Å². The van der Waals surface area contributed by atoms with Crippen LogP contribution in [0.2, 0.25) is 0 Å². The van der Waals surface area contributed by atoms with E-state index in [2.05, 4.69) is 9.88 Å². The van der Waals surface area contributed by atoms with Crippen molar-refractivity contribution >= 4 is 0 Å². The third kappa shape index (κ3) is 3.61. The Morgan fingerprint density at radius 2 is 2.24 bits per heavy atom. The molecule has 4 rings (SSSR count). The molecule has 1 N–H and O–H groups in total. The fraction of sp³-hybridized carbons (Fsp3) is 0.526. The Balaban J connectivity index is 1.46. The summed E-state index contributed by atoms with van der Waals surface area (Å²) in [5.41, 5.74) is 0.688. The Morgan fingerprint density at radius 1 is 1.32 bits per heavy atom. The molecular weight excluding hydrogens is 323 g/mol. The first-order valence-corrected chi connectivity index (χ1v) is 8.91. The summed E-state index contributed by atoms with van der Waals surface area (Å²) in [4.78, 5) is 6.68. The Bertz CT molecular complexity index is 720. The lowest BCUT2D eigenvalue weighted by atomic mass is 9.89. The number of aliphatic hydroxyl groups excluding tert-OH is 1. The molecule has 1 aromatic carbocycles. The van der Waals surface area contributed by atoms with Crippen molar-refractivity contribution in [2.75, 3.05) is 19.8 Å². The maximum atomic E-state index is 13.4. The lowest BCUT2D eigenvalue weighted by Gasteiger charge is -2.36. The van der Waals surface area contributed by atoms with Crippen LogP contribution >= 0.6 is 0 Å². The fourth-order valence-electron chi connectivity index (χ4n) is 3.98. The summed E-state index contributed by atoms with van der Waals surface area (Å²) >= 11 is 0. The van der Waals surface area contributed by atoms with Crippen LogP contribution in [0.25, 0.3) is 11.3 Å². The van der Waals surface area contributed by atoms with Crippen molar-refractivity contribution in [2.45, 2.75) is 38.0 Å². The molecule has 3 heterocycles. The van der Waals surface area contributed by atoms with Gasteiger partial charge in [-0.05, 0) is 37.9 Å². The van der Waals surface area contributed by atoms with Gasteiger partial charge in [0.05, 0.1) is 25.5 Å². The van der Waals surface area contributed by atoms with E-state index in [1.54, 1.807) is 12.3 Å². The van der Waals surface area contributed by atoms with E-state index in [0.717, 1.165) is 19.4 Å². The smallest absolute Gasteiger partial charge is 0.209 e. The zero-order valence-corrected chi connectivity index (χ0v) is 14.1. The lowest BCUT2D eigenvalue weighted by Crippen LogP contribution is -2.45. The van der Waals surface area contributed by atoms with Gasteiger partial charge in [0.1, 0.15) is 5.82 Å². The van der Waals surface area contributed by atoms with Crippen molar-refractivity contribution < 1.29 is 18.7 Å². The van der Waals surface area contributed by atoms with Gasteiger partial charge in [-0.25, -0.2) is 9.37 Å². The van der Waals surface area contributed by atoms with E-state index >= 15 is 0 Å². The number of nitrogens with zero attached hydrogens (tertiary/aromatic N) is 2. The molecule has 0 amide bonds. The van der Waals surface area contributed by atoms with Gasteiger partial charge in [-0.3, -0.25) is 4.90 Å². The Hall–Kier alpha value is -1.76. The standard InChI is InChI=1S/C19H23FN2O3/c20-14-4-1-3-13(9-14)18-10-21-19(25-18)11-22-7-2-5-16(22)15-12-24-8-6-17(15)23/h1,3-4,9-10,15-17,23H,2,5-8,11-12H2/t15-,16-,17-/m1/s1. The summed E-state index contributed by atoms with van der Waals surface area (Å²) in [6.45, 7) is 2.82. The van der Waals surface area contributed by atoms with E-state index in [9.17, 15) is 9.50 Å². The SMILES string of the molecule is O[C@@H]1CCOC[C@@H]1[C@H]1CCCN1Cc1ncc(-c2cccc(F)c2)o1. The van der Waals surface area contributed by atoms with Crippen molar-refractivity contribution in [1.82, 2.24) is 9.88 Å². The molecule has 0 aliphatic carbocycles.